The molecule has 3 rings (SSSR count). The molecule has 0 spiro atoms. The highest BCUT2D eigenvalue weighted by molar-refractivity contribution is 6.31. The van der Waals surface area contributed by atoms with Crippen molar-refractivity contribution in [3.8, 4) is 0 Å². The third-order valence-electron chi connectivity index (χ3n) is 4.54. The van der Waals surface area contributed by atoms with Crippen LogP contribution in [0.15, 0.2) is 18.2 Å². The summed E-state index contributed by atoms with van der Waals surface area (Å²) >= 11 is 6.21. The lowest BCUT2D eigenvalue weighted by atomic mass is 9.93. The zero-order valence-corrected chi connectivity index (χ0v) is 14.3. The molecular formula is C16H21Cl2F3N2. The van der Waals surface area contributed by atoms with Crippen LogP contribution in [0, 0.1) is 5.92 Å². The van der Waals surface area contributed by atoms with E-state index in [1.165, 1.54) is 6.07 Å². The van der Waals surface area contributed by atoms with Gasteiger partial charge in [0.1, 0.15) is 0 Å². The lowest BCUT2D eigenvalue weighted by Crippen LogP contribution is -2.45. The first-order valence-electron chi connectivity index (χ1n) is 7.77. The average molecular weight is 369 g/mol. The van der Waals surface area contributed by atoms with E-state index in [1.807, 2.05) is 0 Å². The summed E-state index contributed by atoms with van der Waals surface area (Å²) in [5.74, 6) is 0.539. The standard InChI is InChI=1S/C16H20ClF3N2.ClH/c17-13-3-1-2-12(16(18,19)20)15(13)14(10-11-4-5-11)22-8-6-21-7-9-22;/h1-3,11,14,21H,4-10H2;1H/t14-;/m0./s1. The second-order valence-corrected chi connectivity index (χ2v) is 6.59. The summed E-state index contributed by atoms with van der Waals surface area (Å²) < 4.78 is 40.3. The molecule has 2 aliphatic rings. The normalized spacial score (nSPS) is 20.9. The van der Waals surface area contributed by atoms with Gasteiger partial charge in [-0.1, -0.05) is 30.5 Å². The first-order chi connectivity index (χ1) is 10.5. The molecule has 0 radical (unpaired) electrons. The van der Waals surface area contributed by atoms with Crippen LogP contribution in [0.5, 0.6) is 0 Å². The fourth-order valence-corrected chi connectivity index (χ4v) is 3.54. The van der Waals surface area contributed by atoms with E-state index in [9.17, 15) is 13.2 Å². The van der Waals surface area contributed by atoms with E-state index in [0.717, 1.165) is 51.5 Å². The minimum atomic E-state index is -4.37. The summed E-state index contributed by atoms with van der Waals surface area (Å²) in [5.41, 5.74) is -0.311. The molecule has 2 nitrogen and oxygen atoms in total. The Labute approximate surface area is 145 Å². The summed E-state index contributed by atoms with van der Waals surface area (Å²) in [6, 6.07) is 3.89. The molecule has 0 bridgehead atoms. The van der Waals surface area contributed by atoms with Gasteiger partial charge in [-0.05, 0) is 24.5 Å². The Morgan fingerprint density at radius 3 is 2.43 bits per heavy atom. The molecule has 1 saturated carbocycles. The number of hydrogen-bond acceptors (Lipinski definition) is 2. The molecule has 1 aromatic carbocycles. The van der Waals surface area contributed by atoms with E-state index in [0.29, 0.717) is 5.92 Å². The van der Waals surface area contributed by atoms with E-state index in [2.05, 4.69) is 10.2 Å². The second kappa shape index (κ2) is 7.60. The van der Waals surface area contributed by atoms with Gasteiger partial charge < -0.3 is 5.32 Å². The molecule has 7 heteroatoms. The number of rotatable bonds is 4. The number of nitrogens with one attached hydrogen (secondary N) is 1. The van der Waals surface area contributed by atoms with Crippen molar-refractivity contribution in [1.29, 1.82) is 0 Å². The molecule has 0 amide bonds. The van der Waals surface area contributed by atoms with Gasteiger partial charge in [0.15, 0.2) is 0 Å². The number of hydrogen-bond donors (Lipinski definition) is 1. The van der Waals surface area contributed by atoms with Crippen molar-refractivity contribution < 1.29 is 13.2 Å². The minimum Gasteiger partial charge on any atom is -0.314 e. The maximum Gasteiger partial charge on any atom is 0.416 e. The van der Waals surface area contributed by atoms with Crippen molar-refractivity contribution in [1.82, 2.24) is 10.2 Å². The van der Waals surface area contributed by atoms with Crippen LogP contribution in [-0.4, -0.2) is 31.1 Å². The molecule has 0 unspecified atom stereocenters. The summed E-state index contributed by atoms with van der Waals surface area (Å²) in [5, 5.41) is 3.49. The van der Waals surface area contributed by atoms with Gasteiger partial charge in [-0.15, -0.1) is 12.4 Å². The van der Waals surface area contributed by atoms with Crippen LogP contribution in [0.25, 0.3) is 0 Å². The van der Waals surface area contributed by atoms with Crippen molar-refractivity contribution in [2.24, 2.45) is 5.92 Å². The number of piperazine rings is 1. The van der Waals surface area contributed by atoms with Crippen LogP contribution in [0.4, 0.5) is 13.2 Å². The fraction of sp³-hybridized carbons (Fsp3) is 0.625. The zero-order chi connectivity index (χ0) is 15.7. The quantitative estimate of drug-likeness (QED) is 0.839. The van der Waals surface area contributed by atoms with E-state index in [4.69, 9.17) is 11.6 Å². The molecule has 1 aromatic rings. The number of alkyl halides is 3. The Kier molecular flexibility index (Phi) is 6.22. The van der Waals surface area contributed by atoms with Crippen molar-refractivity contribution in [3.63, 3.8) is 0 Å². The van der Waals surface area contributed by atoms with Crippen LogP contribution in [0.3, 0.4) is 0 Å². The number of benzene rings is 1. The maximum atomic E-state index is 13.4. The fourth-order valence-electron chi connectivity index (χ4n) is 3.24. The van der Waals surface area contributed by atoms with E-state index >= 15 is 0 Å². The monoisotopic (exact) mass is 368 g/mol. The minimum absolute atomic E-state index is 0. The zero-order valence-electron chi connectivity index (χ0n) is 12.7. The summed E-state index contributed by atoms with van der Waals surface area (Å²) in [4.78, 5) is 2.16. The second-order valence-electron chi connectivity index (χ2n) is 6.18. The van der Waals surface area contributed by atoms with Crippen LogP contribution >= 0.6 is 24.0 Å². The highest BCUT2D eigenvalue weighted by atomic mass is 35.5. The summed E-state index contributed by atoms with van der Waals surface area (Å²) in [7, 11) is 0. The lowest BCUT2D eigenvalue weighted by Gasteiger charge is -2.37. The molecule has 1 N–H and O–H groups in total. The van der Waals surface area contributed by atoms with Crippen LogP contribution < -0.4 is 5.32 Å². The molecule has 1 aliphatic heterocycles. The lowest BCUT2D eigenvalue weighted by molar-refractivity contribution is -0.138. The smallest absolute Gasteiger partial charge is 0.314 e. The molecule has 1 aliphatic carbocycles. The van der Waals surface area contributed by atoms with Gasteiger partial charge in [0, 0.05) is 42.8 Å². The maximum absolute atomic E-state index is 13.4. The van der Waals surface area contributed by atoms with Gasteiger partial charge >= 0.3 is 6.18 Å². The molecule has 130 valence electrons. The SMILES string of the molecule is Cl.FC(F)(F)c1cccc(Cl)c1[C@H](CC1CC1)N1CCNCC1. The predicted octanol–water partition coefficient (Wildman–Crippen LogP) is 4.53. The highest BCUT2D eigenvalue weighted by Crippen LogP contribution is 2.45. The van der Waals surface area contributed by atoms with Gasteiger partial charge in [0.2, 0.25) is 0 Å². The molecular weight excluding hydrogens is 348 g/mol. The van der Waals surface area contributed by atoms with E-state index < -0.39 is 11.7 Å². The van der Waals surface area contributed by atoms with E-state index in [1.54, 1.807) is 6.07 Å². The van der Waals surface area contributed by atoms with Crippen molar-refractivity contribution in [3.05, 3.63) is 34.3 Å². The molecule has 23 heavy (non-hydrogen) atoms. The van der Waals surface area contributed by atoms with Gasteiger partial charge in [-0.3, -0.25) is 4.90 Å². The Balaban J connectivity index is 0.00000192. The molecule has 1 saturated heterocycles. The number of halogens is 5. The van der Waals surface area contributed by atoms with Gasteiger partial charge in [0.05, 0.1) is 5.56 Å². The van der Waals surface area contributed by atoms with Crippen LogP contribution in [0.1, 0.15) is 36.4 Å². The van der Waals surface area contributed by atoms with Crippen LogP contribution in [0.2, 0.25) is 5.02 Å². The average Bonchev–Trinajstić information content (AvgIpc) is 3.29. The van der Waals surface area contributed by atoms with Crippen molar-refractivity contribution in [2.45, 2.75) is 31.5 Å². The summed E-state index contributed by atoms with van der Waals surface area (Å²) in [6.07, 6.45) is -1.36. The first-order valence-corrected chi connectivity index (χ1v) is 8.15. The largest absolute Gasteiger partial charge is 0.416 e. The molecule has 2 fully saturated rings. The van der Waals surface area contributed by atoms with Gasteiger partial charge in [0.25, 0.3) is 0 Å². The highest BCUT2D eigenvalue weighted by Gasteiger charge is 2.39. The van der Waals surface area contributed by atoms with Gasteiger partial charge in [-0.25, -0.2) is 0 Å². The third-order valence-corrected chi connectivity index (χ3v) is 4.87. The predicted molar refractivity (Wildman–Crippen MR) is 88.2 cm³/mol. The Hall–Kier alpha value is -0.490. The summed E-state index contributed by atoms with van der Waals surface area (Å²) in [6.45, 7) is 3.15. The van der Waals surface area contributed by atoms with E-state index in [-0.39, 0.29) is 29.0 Å². The molecule has 1 atom stereocenters. The third kappa shape index (κ3) is 4.53. The van der Waals surface area contributed by atoms with Crippen LogP contribution in [-0.2, 0) is 6.18 Å². The molecule has 0 aromatic heterocycles. The topological polar surface area (TPSA) is 15.3 Å². The van der Waals surface area contributed by atoms with Gasteiger partial charge in [-0.2, -0.15) is 13.2 Å². The Morgan fingerprint density at radius 2 is 1.87 bits per heavy atom. The van der Waals surface area contributed by atoms with Crippen molar-refractivity contribution in [2.75, 3.05) is 26.2 Å². The molecule has 1 heterocycles. The number of nitrogens with zero attached hydrogens (tertiary/aromatic N) is 1. The first kappa shape index (κ1) is 18.8. The van der Waals surface area contributed by atoms with Crippen molar-refractivity contribution >= 4 is 24.0 Å². The Morgan fingerprint density at radius 1 is 1.22 bits per heavy atom. The Bertz CT molecular complexity index is 527.